The maximum Gasteiger partial charge on any atom is 0.253 e. The van der Waals surface area contributed by atoms with Crippen LogP contribution < -0.4 is 11.2 Å². The van der Waals surface area contributed by atoms with Crippen molar-refractivity contribution < 1.29 is 9.90 Å². The van der Waals surface area contributed by atoms with E-state index in [2.05, 4.69) is 21.6 Å². The molecule has 1 aromatic heterocycles. The van der Waals surface area contributed by atoms with Crippen LogP contribution in [0.3, 0.4) is 0 Å². The Balaban J connectivity index is 1.26. The molecule has 180 valence electrons. The van der Waals surface area contributed by atoms with Gasteiger partial charge in [-0.25, -0.2) is 5.12 Å². The smallest absolute Gasteiger partial charge is 0.253 e. The first-order chi connectivity index (χ1) is 17.0. The first kappa shape index (κ1) is 22.7. The van der Waals surface area contributed by atoms with Gasteiger partial charge in [0.15, 0.2) is 5.84 Å². The van der Waals surface area contributed by atoms with E-state index in [4.69, 9.17) is 5.73 Å². The van der Waals surface area contributed by atoms with Crippen molar-refractivity contribution in [1.82, 2.24) is 15.0 Å². The van der Waals surface area contributed by atoms with Gasteiger partial charge in [0, 0.05) is 43.0 Å². The minimum Gasteiger partial charge on any atom is -0.508 e. The number of amidine groups is 1. The number of aryl methyl sites for hydroxylation is 1. The van der Waals surface area contributed by atoms with E-state index in [1.54, 1.807) is 35.6 Å². The summed E-state index contributed by atoms with van der Waals surface area (Å²) in [6, 6.07) is 16.7. The number of aromatic nitrogens is 1. The Bertz CT molecular complexity index is 1270. The number of hydrazine groups is 1. The lowest BCUT2D eigenvalue weighted by Gasteiger charge is -2.33. The first-order valence-electron chi connectivity index (χ1n) is 12.0. The Hall–Kier alpha value is -4.07. The van der Waals surface area contributed by atoms with E-state index in [1.165, 1.54) is 5.56 Å². The van der Waals surface area contributed by atoms with Gasteiger partial charge in [0.05, 0.1) is 11.4 Å². The van der Waals surface area contributed by atoms with E-state index in [0.717, 1.165) is 55.6 Å². The normalized spacial score (nSPS) is 17.4. The molecular weight excluding hydrogens is 440 g/mol. The zero-order valence-corrected chi connectivity index (χ0v) is 19.8. The largest absolute Gasteiger partial charge is 0.508 e. The van der Waals surface area contributed by atoms with Gasteiger partial charge in [0.1, 0.15) is 5.75 Å². The van der Waals surface area contributed by atoms with Gasteiger partial charge >= 0.3 is 0 Å². The summed E-state index contributed by atoms with van der Waals surface area (Å²) in [5.74, 6) is 1.15. The maximum absolute atomic E-state index is 13.3. The van der Waals surface area contributed by atoms with Crippen LogP contribution in [0, 0.1) is 5.92 Å². The van der Waals surface area contributed by atoms with Crippen LogP contribution in [0.4, 0.5) is 5.69 Å². The number of anilines is 1. The summed E-state index contributed by atoms with van der Waals surface area (Å²) < 4.78 is 0. The summed E-state index contributed by atoms with van der Waals surface area (Å²) in [5.41, 5.74) is 14.7. The lowest BCUT2D eigenvalue weighted by atomic mass is 9.89. The SMILES string of the molecule is CN1N=C(N)c2c(CC[C@H]3CCCN(C(=O)c4ccnc(-c5cccc(O)c5)c4)C3)cccc2N1. The van der Waals surface area contributed by atoms with Crippen molar-refractivity contribution >= 4 is 17.4 Å². The lowest BCUT2D eigenvalue weighted by Crippen LogP contribution is -2.40. The molecule has 1 amide bonds. The Labute approximate surface area is 205 Å². The number of nitrogens with one attached hydrogen (secondary N) is 1. The fraction of sp³-hybridized carbons (Fsp3) is 0.296. The number of fused-ring (bicyclic) bond motifs is 1. The molecule has 2 aliphatic rings. The Morgan fingerprint density at radius 1 is 1.20 bits per heavy atom. The number of hydrogen-bond acceptors (Lipinski definition) is 7. The lowest BCUT2D eigenvalue weighted by molar-refractivity contribution is 0.0668. The number of hydrogen-bond donors (Lipinski definition) is 3. The van der Waals surface area contributed by atoms with E-state index in [1.807, 2.05) is 36.2 Å². The third-order valence-electron chi connectivity index (χ3n) is 6.72. The molecule has 1 atom stereocenters. The Kier molecular flexibility index (Phi) is 6.27. The number of piperidine rings is 1. The second kappa shape index (κ2) is 9.66. The van der Waals surface area contributed by atoms with E-state index in [0.29, 0.717) is 23.0 Å². The minimum absolute atomic E-state index is 0.0270. The molecule has 8 nitrogen and oxygen atoms in total. The number of aromatic hydroxyl groups is 1. The molecule has 3 aromatic rings. The third kappa shape index (κ3) is 4.91. The van der Waals surface area contributed by atoms with Gasteiger partial charge in [-0.1, -0.05) is 24.3 Å². The van der Waals surface area contributed by atoms with Gasteiger partial charge < -0.3 is 15.7 Å². The van der Waals surface area contributed by atoms with Gasteiger partial charge in [0.25, 0.3) is 5.91 Å². The summed E-state index contributed by atoms with van der Waals surface area (Å²) in [7, 11) is 1.82. The number of pyridine rings is 1. The van der Waals surface area contributed by atoms with E-state index < -0.39 is 0 Å². The molecule has 3 heterocycles. The van der Waals surface area contributed by atoms with E-state index in [-0.39, 0.29) is 11.7 Å². The summed E-state index contributed by atoms with van der Waals surface area (Å²) in [4.78, 5) is 19.7. The van der Waals surface area contributed by atoms with Crippen LogP contribution in [0.25, 0.3) is 11.3 Å². The van der Waals surface area contributed by atoms with Crippen molar-refractivity contribution in [2.75, 3.05) is 25.6 Å². The van der Waals surface area contributed by atoms with Gasteiger partial charge in [-0.3, -0.25) is 15.2 Å². The number of rotatable bonds is 5. The molecule has 8 heteroatoms. The molecule has 0 spiro atoms. The first-order valence-corrected chi connectivity index (χ1v) is 12.0. The number of carbonyl (C=O) groups excluding carboxylic acids is 1. The number of phenolic OH excluding ortho intramolecular Hbond substituents is 1. The predicted octanol–water partition coefficient (Wildman–Crippen LogP) is 3.83. The zero-order valence-electron chi connectivity index (χ0n) is 19.8. The molecule has 0 aliphatic carbocycles. The van der Waals surface area contributed by atoms with Crippen LogP contribution in [-0.2, 0) is 6.42 Å². The zero-order chi connectivity index (χ0) is 24.4. The number of hydrazone groups is 1. The fourth-order valence-corrected chi connectivity index (χ4v) is 5.03. The van der Waals surface area contributed by atoms with Crippen molar-refractivity contribution in [3.63, 3.8) is 0 Å². The molecule has 0 bridgehead atoms. The third-order valence-corrected chi connectivity index (χ3v) is 6.72. The van der Waals surface area contributed by atoms with Crippen molar-refractivity contribution in [2.45, 2.75) is 25.7 Å². The number of amides is 1. The fourth-order valence-electron chi connectivity index (χ4n) is 5.03. The summed E-state index contributed by atoms with van der Waals surface area (Å²) in [6.45, 7) is 1.50. The molecule has 1 fully saturated rings. The highest BCUT2D eigenvalue weighted by Gasteiger charge is 2.26. The molecular formula is C27H30N6O2. The monoisotopic (exact) mass is 470 g/mol. The highest BCUT2D eigenvalue weighted by Crippen LogP contribution is 2.28. The van der Waals surface area contributed by atoms with Crippen LogP contribution in [0.1, 0.15) is 40.7 Å². The Morgan fingerprint density at radius 2 is 2.06 bits per heavy atom. The topological polar surface area (TPSA) is 107 Å². The second-order valence-corrected chi connectivity index (χ2v) is 9.24. The van der Waals surface area contributed by atoms with Crippen molar-refractivity contribution in [2.24, 2.45) is 16.8 Å². The highest BCUT2D eigenvalue weighted by molar-refractivity contribution is 6.04. The van der Waals surface area contributed by atoms with Crippen LogP contribution >= 0.6 is 0 Å². The second-order valence-electron chi connectivity index (χ2n) is 9.24. The summed E-state index contributed by atoms with van der Waals surface area (Å²) in [6.07, 6.45) is 5.62. The molecule has 2 aromatic carbocycles. The van der Waals surface area contributed by atoms with Crippen LogP contribution in [-0.4, -0.2) is 52.0 Å². The van der Waals surface area contributed by atoms with Crippen molar-refractivity contribution in [1.29, 1.82) is 0 Å². The Morgan fingerprint density at radius 3 is 2.91 bits per heavy atom. The molecule has 0 unspecified atom stereocenters. The standard InChI is InChI=1S/C27H30N6O2/c1-32-30-23-9-3-6-19(25(23)26(28)31-32)11-10-18-5-4-14-33(17-18)27(35)21-12-13-29-24(16-21)20-7-2-8-22(34)15-20/h2-3,6-9,12-13,15-16,18,30,34H,4-5,10-11,14,17H2,1H3,(H2,28,31)/t18-/m1/s1. The number of benzene rings is 2. The van der Waals surface area contributed by atoms with E-state index >= 15 is 0 Å². The molecule has 2 aliphatic heterocycles. The highest BCUT2D eigenvalue weighted by atomic mass is 16.3. The van der Waals surface area contributed by atoms with Crippen molar-refractivity contribution in [3.8, 4) is 17.0 Å². The average Bonchev–Trinajstić information content (AvgIpc) is 2.87. The minimum atomic E-state index is 0.0270. The van der Waals surface area contributed by atoms with E-state index in [9.17, 15) is 9.90 Å². The number of carbonyl (C=O) groups is 1. The van der Waals surface area contributed by atoms with Crippen LogP contribution in [0.15, 0.2) is 65.9 Å². The van der Waals surface area contributed by atoms with Gasteiger partial charge in [0.2, 0.25) is 0 Å². The quantitative estimate of drug-likeness (QED) is 0.523. The average molecular weight is 471 g/mol. The molecule has 1 saturated heterocycles. The number of phenols is 1. The van der Waals surface area contributed by atoms with Gasteiger partial charge in [-0.15, -0.1) is 5.10 Å². The summed E-state index contributed by atoms with van der Waals surface area (Å²) in [5, 5.41) is 15.7. The van der Waals surface area contributed by atoms with Gasteiger partial charge in [-0.05, 0) is 67.5 Å². The van der Waals surface area contributed by atoms with Gasteiger partial charge in [-0.2, -0.15) is 0 Å². The predicted molar refractivity (Wildman–Crippen MR) is 137 cm³/mol. The molecule has 0 radical (unpaired) electrons. The molecule has 35 heavy (non-hydrogen) atoms. The van der Waals surface area contributed by atoms with Crippen LogP contribution in [0.2, 0.25) is 0 Å². The number of nitrogens with two attached hydrogens (primary N) is 1. The van der Waals surface area contributed by atoms with Crippen molar-refractivity contribution in [3.05, 3.63) is 77.5 Å². The maximum atomic E-state index is 13.3. The molecule has 4 N–H and O–H groups in total. The number of nitrogens with zero attached hydrogens (tertiary/aromatic N) is 4. The van der Waals surface area contributed by atoms with Crippen LogP contribution in [0.5, 0.6) is 5.75 Å². The number of likely N-dealkylation sites (tertiary alicyclic amines) is 1. The molecule has 5 rings (SSSR count). The molecule has 0 saturated carbocycles. The summed E-state index contributed by atoms with van der Waals surface area (Å²) >= 11 is 0.